The van der Waals surface area contributed by atoms with E-state index in [4.69, 9.17) is 9.62 Å². The summed E-state index contributed by atoms with van der Waals surface area (Å²) >= 11 is 0. The molecular weight excluding hydrogens is 464 g/mol. The highest BCUT2D eigenvalue weighted by molar-refractivity contribution is 5.88. The average Bonchev–Trinajstić information content (AvgIpc) is 3.61. The maximum absolute atomic E-state index is 5.62. The predicted octanol–water partition coefficient (Wildman–Crippen LogP) is 2.34. The molecule has 4 aromatic rings. The van der Waals surface area contributed by atoms with Crippen molar-refractivity contribution in [3.8, 4) is 11.3 Å². The lowest BCUT2D eigenvalue weighted by Gasteiger charge is -2.20. The Labute approximate surface area is 215 Å². The molecule has 0 radical (unpaired) electrons. The first-order chi connectivity index (χ1) is 18.0. The molecule has 9 nitrogen and oxygen atoms in total. The third kappa shape index (κ3) is 4.21. The van der Waals surface area contributed by atoms with Crippen LogP contribution in [-0.2, 0) is 6.42 Å². The SMILES string of the molecule is Cc1onc(-c2ccccc2)c1C1NN=c2c3c(cn21)CC=C(c1ccc(N(C)CCN(C)C)nn1)C=3. The lowest BCUT2D eigenvalue weighted by atomic mass is 10.0. The minimum atomic E-state index is -0.185. The first-order valence-electron chi connectivity index (χ1n) is 12.5. The minimum Gasteiger partial charge on any atom is -0.361 e. The van der Waals surface area contributed by atoms with Gasteiger partial charge in [0.25, 0.3) is 0 Å². The zero-order valence-electron chi connectivity index (χ0n) is 21.5. The van der Waals surface area contributed by atoms with E-state index in [0.29, 0.717) is 0 Å². The van der Waals surface area contributed by atoms with Crippen LogP contribution < -0.4 is 21.0 Å². The Morgan fingerprint density at radius 1 is 1.05 bits per heavy atom. The number of benzene rings is 1. The molecule has 1 aliphatic heterocycles. The summed E-state index contributed by atoms with van der Waals surface area (Å²) in [5, 5.41) is 19.2. The molecule has 0 fully saturated rings. The van der Waals surface area contributed by atoms with E-state index >= 15 is 0 Å². The number of anilines is 1. The van der Waals surface area contributed by atoms with Crippen LogP contribution in [-0.4, -0.2) is 59.1 Å². The molecule has 1 unspecified atom stereocenters. The summed E-state index contributed by atoms with van der Waals surface area (Å²) < 4.78 is 7.80. The molecule has 3 aromatic heterocycles. The van der Waals surface area contributed by atoms with E-state index in [9.17, 15) is 0 Å². The summed E-state index contributed by atoms with van der Waals surface area (Å²) in [4.78, 5) is 4.28. The summed E-state index contributed by atoms with van der Waals surface area (Å²) in [6.07, 6.45) is 7.17. The van der Waals surface area contributed by atoms with Crippen molar-refractivity contribution in [2.24, 2.45) is 5.10 Å². The molecule has 0 spiro atoms. The Kier molecular flexibility index (Phi) is 5.84. The molecule has 0 saturated carbocycles. The van der Waals surface area contributed by atoms with Crippen LogP contribution >= 0.6 is 0 Å². The molecule has 9 heteroatoms. The van der Waals surface area contributed by atoms with Gasteiger partial charge in [-0.1, -0.05) is 41.6 Å². The highest BCUT2D eigenvalue weighted by Gasteiger charge is 2.29. The van der Waals surface area contributed by atoms with Crippen LogP contribution in [0.1, 0.15) is 28.7 Å². The molecule has 1 atom stereocenters. The Hall–Kier alpha value is -4.24. The first-order valence-corrected chi connectivity index (χ1v) is 12.5. The van der Waals surface area contributed by atoms with E-state index in [1.165, 1.54) is 5.56 Å². The third-order valence-corrected chi connectivity index (χ3v) is 6.99. The molecular formula is C28H30N8O. The summed E-state index contributed by atoms with van der Waals surface area (Å²) in [5.41, 5.74) is 10.2. The maximum Gasteiger partial charge on any atom is 0.162 e. The molecule has 4 heterocycles. The second-order valence-electron chi connectivity index (χ2n) is 9.82. The van der Waals surface area contributed by atoms with Gasteiger partial charge in [-0.25, -0.2) is 0 Å². The average molecular weight is 495 g/mol. The quantitative estimate of drug-likeness (QED) is 0.422. The number of allylic oxidation sites excluding steroid dienone is 2. The Bertz CT molecular complexity index is 1580. The minimum absolute atomic E-state index is 0.185. The second-order valence-corrected chi connectivity index (χ2v) is 9.82. The highest BCUT2D eigenvalue weighted by atomic mass is 16.5. The van der Waals surface area contributed by atoms with Gasteiger partial charge in [-0.15, -0.1) is 10.2 Å². The second kappa shape index (κ2) is 9.33. The van der Waals surface area contributed by atoms with Crippen LogP contribution in [0.3, 0.4) is 0 Å². The van der Waals surface area contributed by atoms with Gasteiger partial charge < -0.3 is 18.9 Å². The van der Waals surface area contributed by atoms with Crippen molar-refractivity contribution >= 4 is 17.5 Å². The fourth-order valence-electron chi connectivity index (χ4n) is 4.87. The van der Waals surface area contributed by atoms with E-state index < -0.39 is 0 Å². The van der Waals surface area contributed by atoms with Crippen molar-refractivity contribution in [3.05, 3.63) is 88.0 Å². The van der Waals surface area contributed by atoms with Crippen LogP contribution in [0.15, 0.2) is 64.4 Å². The molecule has 37 heavy (non-hydrogen) atoms. The van der Waals surface area contributed by atoms with Crippen molar-refractivity contribution < 1.29 is 4.52 Å². The molecule has 1 N–H and O–H groups in total. The van der Waals surface area contributed by atoms with Crippen molar-refractivity contribution in [2.75, 3.05) is 39.1 Å². The standard InChI is InChI=1S/C28H30N8O/c1-18-25(26(33-37-18)19-8-6-5-7-9-19)28-32-31-27-22-16-20(10-11-21(22)17-36(27)28)23-12-13-24(30-29-23)35(4)15-14-34(2)3/h5-10,12-13,16-17,28,32H,11,14-15H2,1-4H3. The van der Waals surface area contributed by atoms with Crippen LogP contribution in [0.2, 0.25) is 0 Å². The highest BCUT2D eigenvalue weighted by Crippen LogP contribution is 2.32. The Balaban J connectivity index is 1.30. The van der Waals surface area contributed by atoms with Gasteiger partial charge in [0, 0.05) is 37.1 Å². The normalized spacial score (nSPS) is 15.9. The molecule has 0 amide bonds. The molecule has 188 valence electrons. The predicted molar refractivity (Wildman–Crippen MR) is 143 cm³/mol. The van der Waals surface area contributed by atoms with E-state index in [1.54, 1.807) is 0 Å². The van der Waals surface area contributed by atoms with Gasteiger partial charge in [0.05, 0.1) is 11.3 Å². The number of rotatable bonds is 7. The van der Waals surface area contributed by atoms with Crippen molar-refractivity contribution in [1.29, 1.82) is 0 Å². The number of hydrogen-bond donors (Lipinski definition) is 1. The van der Waals surface area contributed by atoms with Crippen LogP contribution in [0.5, 0.6) is 0 Å². The smallest absolute Gasteiger partial charge is 0.162 e. The van der Waals surface area contributed by atoms with Crippen molar-refractivity contribution in [2.45, 2.75) is 19.5 Å². The number of hydrogen-bond acceptors (Lipinski definition) is 8. The zero-order valence-corrected chi connectivity index (χ0v) is 21.5. The maximum atomic E-state index is 5.62. The van der Waals surface area contributed by atoms with Gasteiger partial charge >= 0.3 is 0 Å². The van der Waals surface area contributed by atoms with Gasteiger partial charge in [0.2, 0.25) is 0 Å². The fourth-order valence-corrected chi connectivity index (χ4v) is 4.87. The number of nitrogens with zero attached hydrogens (tertiary/aromatic N) is 7. The van der Waals surface area contributed by atoms with E-state index in [0.717, 1.165) is 69.9 Å². The van der Waals surface area contributed by atoms with Gasteiger partial charge in [-0.3, -0.25) is 5.43 Å². The largest absolute Gasteiger partial charge is 0.361 e. The van der Waals surface area contributed by atoms with Gasteiger partial charge in [0.1, 0.15) is 11.5 Å². The number of nitrogens with one attached hydrogen (secondary N) is 1. The number of fused-ring (bicyclic) bond motifs is 3. The zero-order chi connectivity index (χ0) is 25.5. The fraction of sp³-hybridized carbons (Fsp3) is 0.286. The summed E-state index contributed by atoms with van der Waals surface area (Å²) in [5.74, 6) is 1.65. The molecule has 0 bridgehead atoms. The van der Waals surface area contributed by atoms with Gasteiger partial charge in [-0.05, 0) is 56.8 Å². The molecule has 1 aromatic carbocycles. The molecule has 0 saturated heterocycles. The van der Waals surface area contributed by atoms with Crippen LogP contribution in [0, 0.1) is 6.92 Å². The van der Waals surface area contributed by atoms with E-state index in [1.807, 2.05) is 56.4 Å². The van der Waals surface area contributed by atoms with Crippen LogP contribution in [0.25, 0.3) is 22.9 Å². The van der Waals surface area contributed by atoms with E-state index in [-0.39, 0.29) is 6.17 Å². The summed E-state index contributed by atoms with van der Waals surface area (Å²) in [6.45, 7) is 3.80. The monoisotopic (exact) mass is 494 g/mol. The van der Waals surface area contributed by atoms with E-state index in [2.05, 4.69) is 67.6 Å². The number of likely N-dealkylation sites (N-methyl/N-ethyl adjacent to an activating group) is 2. The number of aromatic nitrogens is 4. The molecule has 6 rings (SSSR count). The van der Waals surface area contributed by atoms with Crippen molar-refractivity contribution in [3.63, 3.8) is 0 Å². The summed E-state index contributed by atoms with van der Waals surface area (Å²) in [7, 11) is 6.18. The Morgan fingerprint density at radius 3 is 2.65 bits per heavy atom. The molecule has 1 aliphatic carbocycles. The lowest BCUT2D eigenvalue weighted by Crippen LogP contribution is -2.30. The Morgan fingerprint density at radius 2 is 1.89 bits per heavy atom. The lowest BCUT2D eigenvalue weighted by molar-refractivity contribution is 0.394. The third-order valence-electron chi connectivity index (χ3n) is 6.99. The van der Waals surface area contributed by atoms with Crippen molar-refractivity contribution in [1.82, 2.24) is 30.2 Å². The summed E-state index contributed by atoms with van der Waals surface area (Å²) in [6, 6.07) is 14.2. The number of aryl methyl sites for hydroxylation is 1. The van der Waals surface area contributed by atoms with Gasteiger partial charge in [0.15, 0.2) is 17.5 Å². The van der Waals surface area contributed by atoms with Crippen LogP contribution in [0.4, 0.5) is 5.82 Å². The topological polar surface area (TPSA) is 87.6 Å². The van der Waals surface area contributed by atoms with Gasteiger partial charge in [-0.2, -0.15) is 5.10 Å². The molecule has 2 aliphatic rings. The first kappa shape index (κ1) is 23.2.